The first-order chi connectivity index (χ1) is 21.3. The zero-order valence-electron chi connectivity index (χ0n) is 23.5. The average molecular weight is 716 g/mol. The molecular formula is C33H24Br2N4O5. The molecule has 0 spiro atoms. The predicted molar refractivity (Wildman–Crippen MR) is 178 cm³/mol. The van der Waals surface area contributed by atoms with Crippen molar-refractivity contribution in [3.8, 4) is 23.1 Å². The highest BCUT2D eigenvalue weighted by Crippen LogP contribution is 2.35. The second-order valence-electron chi connectivity index (χ2n) is 9.81. The Bertz CT molecular complexity index is 2100. The number of furan rings is 1. The molecule has 0 saturated heterocycles. The summed E-state index contributed by atoms with van der Waals surface area (Å²) in [5, 5.41) is 8.51. The molecule has 9 nitrogen and oxygen atoms in total. The summed E-state index contributed by atoms with van der Waals surface area (Å²) in [6.07, 6.45) is 1.54. The Kier molecular flexibility index (Phi) is 8.32. The van der Waals surface area contributed by atoms with Crippen molar-refractivity contribution in [1.82, 2.24) is 9.66 Å². The lowest BCUT2D eigenvalue weighted by atomic mass is 10.2. The van der Waals surface area contributed by atoms with Gasteiger partial charge in [-0.3, -0.25) is 9.59 Å². The van der Waals surface area contributed by atoms with Gasteiger partial charge in [-0.25, -0.2) is 4.98 Å². The van der Waals surface area contributed by atoms with Crippen molar-refractivity contribution in [1.29, 1.82) is 0 Å². The van der Waals surface area contributed by atoms with Crippen LogP contribution in [0.2, 0.25) is 0 Å². The lowest BCUT2D eigenvalue weighted by molar-refractivity contribution is -0.118. The quantitative estimate of drug-likeness (QED) is 0.163. The molecule has 0 radical (unpaired) electrons. The van der Waals surface area contributed by atoms with Crippen molar-refractivity contribution in [3.63, 3.8) is 0 Å². The minimum atomic E-state index is -0.355. The predicted octanol–water partition coefficient (Wildman–Crippen LogP) is 7.55. The van der Waals surface area contributed by atoms with Gasteiger partial charge in [-0.1, -0.05) is 35.9 Å². The van der Waals surface area contributed by atoms with Gasteiger partial charge >= 0.3 is 0 Å². The number of aryl methyl sites for hydroxylation is 1. The molecule has 2 heterocycles. The van der Waals surface area contributed by atoms with Gasteiger partial charge in [-0.15, -0.1) is 0 Å². The van der Waals surface area contributed by atoms with Gasteiger partial charge in [-0.2, -0.15) is 9.78 Å². The van der Waals surface area contributed by atoms with E-state index in [2.05, 4.69) is 42.3 Å². The number of amides is 1. The number of hydrogen-bond donors (Lipinski definition) is 1. The first kappa shape index (κ1) is 29.3. The maximum Gasteiger partial charge on any atom is 0.282 e. The SMILES string of the molecule is COc1cccc2oc(-c3nc4ccccc4c(=O)n3N=Cc3cc(Br)c(OCC(=O)Nc4ccc(C)cc4)c(Br)c3)cc12. The number of hydrogen-bond acceptors (Lipinski definition) is 7. The minimum absolute atomic E-state index is 0.192. The number of halogens is 2. The Morgan fingerprint density at radius 2 is 1.75 bits per heavy atom. The van der Waals surface area contributed by atoms with E-state index < -0.39 is 0 Å². The molecule has 11 heteroatoms. The number of aromatic nitrogens is 2. The fourth-order valence-corrected chi connectivity index (χ4v) is 6.05. The average Bonchev–Trinajstić information content (AvgIpc) is 3.46. The summed E-state index contributed by atoms with van der Waals surface area (Å²) >= 11 is 7.05. The van der Waals surface area contributed by atoms with Crippen molar-refractivity contribution >= 4 is 71.5 Å². The summed E-state index contributed by atoms with van der Waals surface area (Å²) in [5.74, 6) is 1.39. The number of nitrogens with one attached hydrogen (secondary N) is 1. The van der Waals surface area contributed by atoms with E-state index in [1.165, 1.54) is 10.9 Å². The highest BCUT2D eigenvalue weighted by atomic mass is 79.9. The van der Waals surface area contributed by atoms with E-state index in [-0.39, 0.29) is 23.9 Å². The third-order valence-electron chi connectivity index (χ3n) is 6.74. The lowest BCUT2D eigenvalue weighted by Crippen LogP contribution is -2.20. The van der Waals surface area contributed by atoms with Crippen LogP contribution in [0.5, 0.6) is 11.5 Å². The molecule has 0 aliphatic rings. The maximum atomic E-state index is 13.6. The number of carbonyl (C=O) groups is 1. The van der Waals surface area contributed by atoms with Crippen LogP contribution in [0.15, 0.2) is 108 Å². The molecule has 1 N–H and O–H groups in total. The molecule has 220 valence electrons. The third kappa shape index (κ3) is 6.01. The number of para-hydroxylation sites is 1. The number of fused-ring (bicyclic) bond motifs is 2. The van der Waals surface area contributed by atoms with Gasteiger partial charge in [0.15, 0.2) is 12.4 Å². The van der Waals surface area contributed by atoms with Gasteiger partial charge in [0, 0.05) is 5.69 Å². The highest BCUT2D eigenvalue weighted by molar-refractivity contribution is 9.11. The lowest BCUT2D eigenvalue weighted by Gasteiger charge is -2.12. The largest absolute Gasteiger partial charge is 0.496 e. The van der Waals surface area contributed by atoms with Crippen LogP contribution in [-0.2, 0) is 4.79 Å². The Morgan fingerprint density at radius 3 is 2.50 bits per heavy atom. The van der Waals surface area contributed by atoms with Crippen LogP contribution in [0.4, 0.5) is 5.69 Å². The van der Waals surface area contributed by atoms with Crippen LogP contribution in [0.3, 0.4) is 0 Å². The maximum absolute atomic E-state index is 13.6. The zero-order valence-corrected chi connectivity index (χ0v) is 26.7. The van der Waals surface area contributed by atoms with E-state index >= 15 is 0 Å². The monoisotopic (exact) mass is 714 g/mol. The van der Waals surface area contributed by atoms with Gasteiger partial charge in [0.25, 0.3) is 11.5 Å². The Morgan fingerprint density at radius 1 is 1.00 bits per heavy atom. The van der Waals surface area contributed by atoms with Gasteiger partial charge in [0.1, 0.15) is 17.1 Å². The molecule has 6 aromatic rings. The van der Waals surface area contributed by atoms with E-state index in [0.29, 0.717) is 53.9 Å². The van der Waals surface area contributed by atoms with E-state index in [0.717, 1.165) is 10.9 Å². The molecule has 44 heavy (non-hydrogen) atoms. The minimum Gasteiger partial charge on any atom is -0.496 e. The number of methoxy groups -OCH3 is 1. The van der Waals surface area contributed by atoms with E-state index in [4.69, 9.17) is 18.9 Å². The van der Waals surface area contributed by atoms with Crippen molar-refractivity contribution < 1.29 is 18.7 Å². The van der Waals surface area contributed by atoms with E-state index in [9.17, 15) is 9.59 Å². The van der Waals surface area contributed by atoms with E-state index in [1.54, 1.807) is 43.5 Å². The molecule has 0 atom stereocenters. The van der Waals surface area contributed by atoms with Crippen molar-refractivity contribution in [3.05, 3.63) is 115 Å². The Balaban J connectivity index is 1.30. The van der Waals surface area contributed by atoms with Gasteiger partial charge < -0.3 is 19.2 Å². The molecule has 4 aromatic carbocycles. The fourth-order valence-electron chi connectivity index (χ4n) is 4.60. The highest BCUT2D eigenvalue weighted by Gasteiger charge is 2.18. The summed E-state index contributed by atoms with van der Waals surface area (Å²) in [4.78, 5) is 30.8. The van der Waals surface area contributed by atoms with Crippen LogP contribution >= 0.6 is 31.9 Å². The third-order valence-corrected chi connectivity index (χ3v) is 7.92. The van der Waals surface area contributed by atoms with E-state index in [1.807, 2.05) is 55.5 Å². The van der Waals surface area contributed by atoms with Crippen LogP contribution in [0.1, 0.15) is 11.1 Å². The van der Waals surface area contributed by atoms with Gasteiger partial charge in [0.2, 0.25) is 5.82 Å². The molecule has 0 unspecified atom stereocenters. The second kappa shape index (κ2) is 12.5. The zero-order chi connectivity index (χ0) is 30.8. The van der Waals surface area contributed by atoms with Crippen LogP contribution < -0.4 is 20.3 Å². The first-order valence-electron chi connectivity index (χ1n) is 13.4. The van der Waals surface area contributed by atoms with Crippen molar-refractivity contribution in [2.24, 2.45) is 5.10 Å². The molecular weight excluding hydrogens is 692 g/mol. The summed E-state index contributed by atoms with van der Waals surface area (Å²) in [6.45, 7) is 1.79. The standard InChI is InChI=1S/C33H24Br2N4O5/c1-19-10-12-21(13-11-19)37-30(40)18-43-31-24(34)14-20(15-25(31)35)17-36-39-32(38-26-7-4-3-6-22(26)33(39)41)29-16-23-27(42-2)8-5-9-28(23)44-29/h3-17H,18H2,1-2H3,(H,37,40). The molecule has 2 aromatic heterocycles. The topological polar surface area (TPSA) is 108 Å². The summed E-state index contributed by atoms with van der Waals surface area (Å²) in [5.41, 5.74) is 3.19. The van der Waals surface area contributed by atoms with Gasteiger partial charge in [-0.05, 0) is 98.9 Å². The smallest absolute Gasteiger partial charge is 0.282 e. The molecule has 0 aliphatic carbocycles. The van der Waals surface area contributed by atoms with Gasteiger partial charge in [0.05, 0.1) is 38.6 Å². The summed E-state index contributed by atoms with van der Waals surface area (Å²) < 4.78 is 19.8. The molecule has 6 rings (SSSR count). The number of anilines is 1. The number of ether oxygens (including phenoxy) is 2. The fraction of sp³-hybridized carbons (Fsp3) is 0.0909. The van der Waals surface area contributed by atoms with Crippen LogP contribution in [-0.4, -0.2) is 35.5 Å². The number of benzene rings is 4. The normalized spacial score (nSPS) is 11.4. The second-order valence-corrected chi connectivity index (χ2v) is 11.5. The first-order valence-corrected chi connectivity index (χ1v) is 15.0. The molecule has 0 bridgehead atoms. The van der Waals surface area contributed by atoms with Crippen molar-refractivity contribution in [2.75, 3.05) is 19.0 Å². The van der Waals surface area contributed by atoms with Crippen LogP contribution in [0.25, 0.3) is 33.5 Å². The molecule has 0 aliphatic heterocycles. The Labute approximate surface area is 268 Å². The summed E-state index contributed by atoms with van der Waals surface area (Å²) in [6, 6.07) is 25.4. The molecule has 0 fully saturated rings. The number of nitrogens with zero attached hydrogens (tertiary/aromatic N) is 3. The van der Waals surface area contributed by atoms with Crippen molar-refractivity contribution in [2.45, 2.75) is 6.92 Å². The number of carbonyl (C=O) groups excluding carboxylic acids is 1. The molecule has 1 amide bonds. The molecule has 0 saturated carbocycles. The van der Waals surface area contributed by atoms with Crippen LogP contribution in [0, 0.1) is 6.92 Å². The summed E-state index contributed by atoms with van der Waals surface area (Å²) in [7, 11) is 1.59. The number of rotatable bonds is 8. The Hall–Kier alpha value is -4.74.